The second kappa shape index (κ2) is 11.7. The molecule has 0 saturated heterocycles. The molecule has 0 spiro atoms. The number of hydrogen-bond donors (Lipinski definition) is 0. The van der Waals surface area contributed by atoms with E-state index in [9.17, 15) is 0 Å². The van der Waals surface area contributed by atoms with E-state index in [-0.39, 0.29) is 0 Å². The van der Waals surface area contributed by atoms with Crippen molar-refractivity contribution in [3.8, 4) is 0 Å². The van der Waals surface area contributed by atoms with Gasteiger partial charge in [0.2, 0.25) is 0 Å². The Morgan fingerprint density at radius 1 is 0.680 bits per heavy atom. The van der Waals surface area contributed by atoms with E-state index in [2.05, 4.69) is 32.9 Å². The first-order valence-electron chi connectivity index (χ1n) is 10.1. The zero-order chi connectivity index (χ0) is 18.8. The average Bonchev–Trinajstić information content (AvgIpc) is 3.07. The van der Waals surface area contributed by atoms with Crippen LogP contribution in [0.2, 0.25) is 18.1 Å². The minimum Gasteiger partial charge on any atom is -0.370 e. The average molecular weight is 403 g/mol. The molecule has 0 radical (unpaired) electrons. The molecule has 0 aliphatic carbocycles. The molecule has 0 fully saturated rings. The highest BCUT2D eigenvalue weighted by Gasteiger charge is 2.46. The van der Waals surface area contributed by atoms with Crippen molar-refractivity contribution in [2.45, 2.75) is 78.9 Å². The predicted molar refractivity (Wildman–Crippen MR) is 115 cm³/mol. The van der Waals surface area contributed by atoms with Crippen molar-refractivity contribution in [3.63, 3.8) is 0 Å². The second-order valence-corrected chi connectivity index (χ2v) is 15.5. The molecule has 1 rings (SSSR count). The quantitative estimate of drug-likeness (QED) is 0.415. The summed E-state index contributed by atoms with van der Waals surface area (Å²) in [5.41, 5.74) is 0. The van der Waals surface area contributed by atoms with E-state index >= 15 is 0 Å². The van der Waals surface area contributed by atoms with Gasteiger partial charge in [-0.1, -0.05) is 64.2 Å². The predicted octanol–water partition coefficient (Wildman–Crippen LogP) is 4.89. The molecule has 25 heavy (non-hydrogen) atoms. The van der Waals surface area contributed by atoms with E-state index in [1.165, 1.54) is 41.9 Å². The molecule has 6 heteroatoms. The fourth-order valence-corrected chi connectivity index (χ4v) is 15.1. The highest BCUT2D eigenvalue weighted by atomic mass is 32.1. The summed E-state index contributed by atoms with van der Waals surface area (Å²) in [6.45, 7) is 15.0. The fourth-order valence-electron chi connectivity index (χ4n) is 3.88. The van der Waals surface area contributed by atoms with Crippen molar-refractivity contribution >= 4 is 37.2 Å². The number of thiophene rings is 1. The van der Waals surface area contributed by atoms with Gasteiger partial charge in [-0.15, -0.1) is 11.3 Å². The molecule has 1 heterocycles. The lowest BCUT2D eigenvalue weighted by molar-refractivity contribution is 0.0866. The van der Waals surface area contributed by atoms with Gasteiger partial charge >= 0.3 is 8.80 Å². The molecule has 3 nitrogen and oxygen atoms in total. The smallest absolute Gasteiger partial charge is 0.370 e. The van der Waals surface area contributed by atoms with E-state index in [4.69, 9.17) is 13.3 Å². The van der Waals surface area contributed by atoms with Crippen LogP contribution in [0.15, 0.2) is 12.1 Å². The summed E-state index contributed by atoms with van der Waals surface area (Å²) in [4.78, 5) is 0. The summed E-state index contributed by atoms with van der Waals surface area (Å²) in [5.74, 6) is 0. The number of hydrogen-bond acceptors (Lipinski definition) is 4. The van der Waals surface area contributed by atoms with E-state index in [0.717, 1.165) is 0 Å². The molecule has 1 aromatic heterocycles. The van der Waals surface area contributed by atoms with Crippen LogP contribution in [0.5, 0.6) is 0 Å². The van der Waals surface area contributed by atoms with Crippen molar-refractivity contribution < 1.29 is 13.3 Å². The third-order valence-corrected chi connectivity index (χ3v) is 16.4. The molecular formula is C19H38O3SSi2. The highest BCUT2D eigenvalue weighted by molar-refractivity contribution is 7.34. The Hall–Kier alpha value is 0.0138. The SMILES string of the molecule is CCC[Si](CCC)(CCC)c1ccc([Si](OCC)(OCC)OCC)s1. The molecule has 0 aliphatic rings. The van der Waals surface area contributed by atoms with Crippen LogP contribution in [0.25, 0.3) is 0 Å². The van der Waals surface area contributed by atoms with E-state index in [1.807, 2.05) is 32.1 Å². The highest BCUT2D eigenvalue weighted by Crippen LogP contribution is 2.28. The molecule has 0 aliphatic heterocycles. The lowest BCUT2D eigenvalue weighted by Gasteiger charge is -2.31. The maximum Gasteiger partial charge on any atom is 0.547 e. The van der Waals surface area contributed by atoms with Gasteiger partial charge in [0.05, 0.1) is 12.6 Å². The first kappa shape index (κ1) is 23.1. The number of rotatable bonds is 14. The standard InChI is InChI=1S/C19H38O3SSi2/c1-7-15-24(16-8-2,17-9-3)18-13-14-19(23-18)25(20-10-4,21-11-5)22-12-6/h13-14H,7-12,15-17H2,1-6H3. The Labute approximate surface area is 161 Å². The molecular weight excluding hydrogens is 364 g/mol. The van der Waals surface area contributed by atoms with E-state index in [1.54, 1.807) is 4.50 Å². The van der Waals surface area contributed by atoms with Crippen molar-refractivity contribution in [2.24, 2.45) is 0 Å². The van der Waals surface area contributed by atoms with Gasteiger partial charge in [-0.05, 0) is 31.3 Å². The fraction of sp³-hybridized carbons (Fsp3) is 0.789. The lowest BCUT2D eigenvalue weighted by Crippen LogP contribution is -2.56. The Balaban J connectivity index is 3.29. The van der Waals surface area contributed by atoms with Crippen LogP contribution >= 0.6 is 11.3 Å². The zero-order valence-corrected chi connectivity index (χ0v) is 20.0. The van der Waals surface area contributed by atoms with Gasteiger partial charge in [0.1, 0.15) is 0 Å². The van der Waals surface area contributed by atoms with Crippen LogP contribution in [0, 0.1) is 0 Å². The first-order chi connectivity index (χ1) is 12.1. The lowest BCUT2D eigenvalue weighted by atomic mass is 10.5. The molecule has 0 aromatic carbocycles. The largest absolute Gasteiger partial charge is 0.547 e. The summed E-state index contributed by atoms with van der Waals surface area (Å²) >= 11 is 1.93. The molecule has 0 amide bonds. The Morgan fingerprint density at radius 3 is 1.44 bits per heavy atom. The zero-order valence-electron chi connectivity index (χ0n) is 17.2. The molecule has 0 saturated carbocycles. The Morgan fingerprint density at radius 2 is 1.08 bits per heavy atom. The van der Waals surface area contributed by atoms with Crippen LogP contribution in [-0.2, 0) is 13.3 Å². The Kier molecular flexibility index (Phi) is 10.8. The molecule has 1 aromatic rings. The topological polar surface area (TPSA) is 27.7 Å². The molecule has 0 unspecified atom stereocenters. The van der Waals surface area contributed by atoms with Crippen LogP contribution in [-0.4, -0.2) is 36.7 Å². The van der Waals surface area contributed by atoms with Gasteiger partial charge in [-0.3, -0.25) is 0 Å². The van der Waals surface area contributed by atoms with Crippen molar-refractivity contribution in [2.75, 3.05) is 19.8 Å². The van der Waals surface area contributed by atoms with Crippen LogP contribution in [0.3, 0.4) is 0 Å². The van der Waals surface area contributed by atoms with Gasteiger partial charge in [-0.25, -0.2) is 0 Å². The second-order valence-electron chi connectivity index (χ2n) is 6.55. The van der Waals surface area contributed by atoms with Crippen molar-refractivity contribution in [1.29, 1.82) is 0 Å². The normalized spacial score (nSPS) is 12.7. The van der Waals surface area contributed by atoms with E-state index < -0.39 is 16.9 Å². The third kappa shape index (κ3) is 5.74. The maximum atomic E-state index is 6.12. The van der Waals surface area contributed by atoms with Gasteiger partial charge in [-0.2, -0.15) is 0 Å². The summed E-state index contributed by atoms with van der Waals surface area (Å²) in [6, 6.07) is 8.80. The van der Waals surface area contributed by atoms with Gasteiger partial charge in [0, 0.05) is 19.8 Å². The summed E-state index contributed by atoms with van der Waals surface area (Å²) in [6.07, 6.45) is 3.85. The maximum absolute atomic E-state index is 6.12. The van der Waals surface area contributed by atoms with Gasteiger partial charge in [0.25, 0.3) is 0 Å². The molecule has 0 atom stereocenters. The molecule has 146 valence electrons. The van der Waals surface area contributed by atoms with Crippen LogP contribution < -0.4 is 9.00 Å². The minimum absolute atomic E-state index is 0.626. The Bertz CT molecular complexity index is 404. The van der Waals surface area contributed by atoms with Gasteiger partial charge in [0.15, 0.2) is 0 Å². The summed E-state index contributed by atoms with van der Waals surface area (Å²) in [7, 11) is -4.18. The van der Waals surface area contributed by atoms with E-state index in [0.29, 0.717) is 19.8 Å². The molecule has 0 bridgehead atoms. The first-order valence-corrected chi connectivity index (χ1v) is 15.3. The monoisotopic (exact) mass is 402 g/mol. The van der Waals surface area contributed by atoms with Gasteiger partial charge < -0.3 is 13.3 Å². The van der Waals surface area contributed by atoms with Crippen molar-refractivity contribution in [3.05, 3.63) is 12.1 Å². The molecule has 0 N–H and O–H groups in total. The summed E-state index contributed by atoms with van der Waals surface area (Å²) in [5, 5.41) is 0. The van der Waals surface area contributed by atoms with Crippen LogP contribution in [0.4, 0.5) is 0 Å². The minimum atomic E-state index is -2.76. The van der Waals surface area contributed by atoms with Crippen LogP contribution in [0.1, 0.15) is 60.8 Å². The summed E-state index contributed by atoms with van der Waals surface area (Å²) < 4.78 is 21.2. The van der Waals surface area contributed by atoms with Crippen molar-refractivity contribution in [1.82, 2.24) is 0 Å². The third-order valence-electron chi connectivity index (χ3n) is 4.62.